The van der Waals surface area contributed by atoms with Crippen LogP contribution in [0.1, 0.15) is 6.92 Å². The minimum atomic E-state index is -2.34. The van der Waals surface area contributed by atoms with Gasteiger partial charge in [-0.25, -0.2) is 8.78 Å². The Balaban J connectivity index is 2.40. The van der Waals surface area contributed by atoms with Crippen LogP contribution in [0.4, 0.5) is 8.78 Å². The lowest BCUT2D eigenvalue weighted by Gasteiger charge is -2.27. The Bertz CT molecular complexity index is 108. The van der Waals surface area contributed by atoms with E-state index in [-0.39, 0.29) is 19.5 Å². The molecule has 1 saturated heterocycles. The van der Waals surface area contributed by atoms with Crippen molar-refractivity contribution in [3.05, 3.63) is 0 Å². The number of hydrogen-bond acceptors (Lipinski definition) is 2. The summed E-state index contributed by atoms with van der Waals surface area (Å²) in [7, 11) is 0. The molecule has 0 aliphatic carbocycles. The van der Waals surface area contributed by atoms with E-state index in [9.17, 15) is 8.78 Å². The van der Waals surface area contributed by atoms with E-state index in [1.807, 2.05) is 0 Å². The lowest BCUT2D eigenvalue weighted by molar-refractivity contribution is -0.190. The first-order valence-electron chi connectivity index (χ1n) is 3.19. The van der Waals surface area contributed by atoms with Crippen molar-refractivity contribution in [2.75, 3.05) is 13.4 Å². The molecule has 0 aromatic rings. The van der Waals surface area contributed by atoms with Gasteiger partial charge in [0.2, 0.25) is 6.43 Å². The van der Waals surface area contributed by atoms with E-state index in [0.29, 0.717) is 0 Å². The van der Waals surface area contributed by atoms with Gasteiger partial charge >= 0.3 is 0 Å². The summed E-state index contributed by atoms with van der Waals surface area (Å²) in [5, 5.41) is 0. The third-order valence-corrected chi connectivity index (χ3v) is 1.65. The molecule has 0 aromatic heterocycles. The number of ether oxygens (including phenoxy) is 2. The van der Waals surface area contributed by atoms with Crippen molar-refractivity contribution in [1.82, 2.24) is 0 Å². The van der Waals surface area contributed by atoms with Gasteiger partial charge in [0.15, 0.2) is 0 Å². The fourth-order valence-corrected chi connectivity index (χ4v) is 0.876. The van der Waals surface area contributed by atoms with Crippen LogP contribution in [0.5, 0.6) is 0 Å². The molecule has 2 unspecified atom stereocenters. The lowest BCUT2D eigenvalue weighted by atomic mass is 10.1. The van der Waals surface area contributed by atoms with Crippen LogP contribution in [0.25, 0.3) is 0 Å². The van der Waals surface area contributed by atoms with Crippen molar-refractivity contribution >= 4 is 0 Å². The number of alkyl halides is 2. The highest BCUT2D eigenvalue weighted by Gasteiger charge is 2.30. The van der Waals surface area contributed by atoms with E-state index < -0.39 is 12.3 Å². The van der Waals surface area contributed by atoms with Crippen molar-refractivity contribution < 1.29 is 18.3 Å². The van der Waals surface area contributed by atoms with Gasteiger partial charge in [0.25, 0.3) is 0 Å². The monoisotopic (exact) mass is 152 g/mol. The second-order valence-corrected chi connectivity index (χ2v) is 2.36. The van der Waals surface area contributed by atoms with E-state index in [2.05, 4.69) is 0 Å². The third kappa shape index (κ3) is 1.64. The molecule has 60 valence electrons. The zero-order valence-electron chi connectivity index (χ0n) is 5.72. The van der Waals surface area contributed by atoms with E-state index in [4.69, 9.17) is 9.47 Å². The summed E-state index contributed by atoms with van der Waals surface area (Å²) in [5.41, 5.74) is 0. The predicted molar refractivity (Wildman–Crippen MR) is 30.9 cm³/mol. The summed E-state index contributed by atoms with van der Waals surface area (Å²) in [4.78, 5) is 0. The Hall–Kier alpha value is -0.220. The maximum absolute atomic E-state index is 12.0. The molecule has 0 bridgehead atoms. The third-order valence-electron chi connectivity index (χ3n) is 1.65. The molecule has 1 aliphatic heterocycles. The van der Waals surface area contributed by atoms with Gasteiger partial charge < -0.3 is 9.47 Å². The molecular formula is C6H10F2O2. The highest BCUT2D eigenvalue weighted by Crippen LogP contribution is 2.20. The molecular weight excluding hydrogens is 142 g/mol. The van der Waals surface area contributed by atoms with Crippen molar-refractivity contribution in [2.45, 2.75) is 19.5 Å². The smallest absolute Gasteiger partial charge is 0.246 e. The van der Waals surface area contributed by atoms with Gasteiger partial charge in [0.1, 0.15) is 6.79 Å². The average Bonchev–Trinajstić information content (AvgIpc) is 1.88. The standard InChI is InChI=1S/C6H10F2O2/c1-4-5(6(7)8)2-9-3-10-4/h4-6H,2-3H2,1H3. The summed E-state index contributed by atoms with van der Waals surface area (Å²) in [6.45, 7) is 1.89. The largest absolute Gasteiger partial charge is 0.355 e. The zero-order valence-corrected chi connectivity index (χ0v) is 5.72. The Morgan fingerprint density at radius 1 is 1.50 bits per heavy atom. The maximum atomic E-state index is 12.0. The molecule has 1 heterocycles. The quantitative estimate of drug-likeness (QED) is 0.563. The van der Waals surface area contributed by atoms with Gasteiger partial charge in [-0.3, -0.25) is 0 Å². The molecule has 2 nitrogen and oxygen atoms in total. The van der Waals surface area contributed by atoms with Crippen molar-refractivity contribution in [3.8, 4) is 0 Å². The average molecular weight is 152 g/mol. The van der Waals surface area contributed by atoms with Crippen LogP contribution in [-0.2, 0) is 9.47 Å². The van der Waals surface area contributed by atoms with Crippen molar-refractivity contribution in [3.63, 3.8) is 0 Å². The minimum absolute atomic E-state index is 0.110. The van der Waals surface area contributed by atoms with Crippen LogP contribution in [0, 0.1) is 5.92 Å². The fourth-order valence-electron chi connectivity index (χ4n) is 0.876. The fraction of sp³-hybridized carbons (Fsp3) is 1.00. The number of hydrogen-bond donors (Lipinski definition) is 0. The maximum Gasteiger partial charge on any atom is 0.246 e. The Morgan fingerprint density at radius 3 is 2.60 bits per heavy atom. The summed E-state index contributed by atoms with van der Waals surface area (Å²) >= 11 is 0. The first kappa shape index (κ1) is 7.88. The summed E-state index contributed by atoms with van der Waals surface area (Å²) in [6.07, 6.45) is -2.72. The van der Waals surface area contributed by atoms with E-state index in [1.165, 1.54) is 0 Å². The normalized spacial score (nSPS) is 34.8. The number of halogens is 2. The topological polar surface area (TPSA) is 18.5 Å². The van der Waals surface area contributed by atoms with Crippen LogP contribution in [0.3, 0.4) is 0 Å². The predicted octanol–water partition coefficient (Wildman–Crippen LogP) is 1.26. The number of rotatable bonds is 1. The second kappa shape index (κ2) is 3.25. The SMILES string of the molecule is CC1OCOCC1C(F)F. The van der Waals surface area contributed by atoms with Gasteiger partial charge in [0, 0.05) is 0 Å². The first-order valence-corrected chi connectivity index (χ1v) is 3.19. The molecule has 0 N–H and O–H groups in total. The minimum Gasteiger partial charge on any atom is -0.355 e. The molecule has 0 amide bonds. The van der Waals surface area contributed by atoms with Crippen LogP contribution < -0.4 is 0 Å². The molecule has 1 rings (SSSR count). The summed E-state index contributed by atoms with van der Waals surface area (Å²) < 4.78 is 33.6. The Kier molecular flexibility index (Phi) is 2.56. The van der Waals surface area contributed by atoms with Crippen LogP contribution in [0.2, 0.25) is 0 Å². The first-order chi connectivity index (χ1) is 4.72. The lowest BCUT2D eigenvalue weighted by Crippen LogP contribution is -2.36. The van der Waals surface area contributed by atoms with Gasteiger partial charge in [0.05, 0.1) is 18.6 Å². The molecule has 0 radical (unpaired) electrons. The molecule has 0 saturated carbocycles. The van der Waals surface area contributed by atoms with E-state index in [0.717, 1.165) is 0 Å². The molecule has 4 heteroatoms. The molecule has 2 atom stereocenters. The summed E-state index contributed by atoms with van der Waals surface area (Å²) in [5.74, 6) is -0.756. The highest BCUT2D eigenvalue weighted by atomic mass is 19.3. The molecule has 0 spiro atoms. The molecule has 1 fully saturated rings. The van der Waals surface area contributed by atoms with Gasteiger partial charge in [-0.15, -0.1) is 0 Å². The molecule has 1 aliphatic rings. The van der Waals surface area contributed by atoms with Crippen LogP contribution in [-0.4, -0.2) is 25.9 Å². The van der Waals surface area contributed by atoms with Gasteiger partial charge in [-0.1, -0.05) is 0 Å². The Morgan fingerprint density at radius 2 is 2.20 bits per heavy atom. The molecule has 10 heavy (non-hydrogen) atoms. The van der Waals surface area contributed by atoms with Crippen LogP contribution >= 0.6 is 0 Å². The van der Waals surface area contributed by atoms with Crippen molar-refractivity contribution in [2.24, 2.45) is 5.92 Å². The summed E-state index contributed by atoms with van der Waals surface area (Å²) in [6, 6.07) is 0. The van der Waals surface area contributed by atoms with Crippen molar-refractivity contribution in [1.29, 1.82) is 0 Å². The molecule has 0 aromatic carbocycles. The van der Waals surface area contributed by atoms with E-state index >= 15 is 0 Å². The highest BCUT2D eigenvalue weighted by molar-refractivity contribution is 4.69. The van der Waals surface area contributed by atoms with Gasteiger partial charge in [-0.2, -0.15) is 0 Å². The van der Waals surface area contributed by atoms with Crippen LogP contribution in [0.15, 0.2) is 0 Å². The second-order valence-electron chi connectivity index (χ2n) is 2.36. The zero-order chi connectivity index (χ0) is 7.56. The Labute approximate surface area is 58.1 Å². The van der Waals surface area contributed by atoms with E-state index in [1.54, 1.807) is 6.92 Å². The van der Waals surface area contributed by atoms with Gasteiger partial charge in [-0.05, 0) is 6.92 Å².